The first-order valence-corrected chi connectivity index (χ1v) is 5.71. The second kappa shape index (κ2) is 4.45. The second-order valence-electron chi connectivity index (χ2n) is 2.99. The molecule has 1 aromatic carbocycles. The van der Waals surface area contributed by atoms with Gasteiger partial charge in [0.25, 0.3) is 10.1 Å². The van der Waals surface area contributed by atoms with Crippen molar-refractivity contribution < 1.29 is 22.6 Å². The predicted molar refractivity (Wildman–Crippen MR) is 54.9 cm³/mol. The number of hydrogen-bond donors (Lipinski definition) is 1. The quantitative estimate of drug-likeness (QED) is 0.483. The summed E-state index contributed by atoms with van der Waals surface area (Å²) in [5.41, 5.74) is -0.223. The van der Waals surface area contributed by atoms with Gasteiger partial charge >= 0.3 is 5.69 Å². The molecule has 0 heterocycles. The van der Waals surface area contributed by atoms with E-state index in [-0.39, 0.29) is 17.0 Å². The number of benzene rings is 1. The van der Waals surface area contributed by atoms with Crippen LogP contribution in [0.2, 0.25) is 0 Å². The minimum absolute atomic E-state index is 0.0316. The van der Waals surface area contributed by atoms with Crippen LogP contribution in [0.4, 0.5) is 5.69 Å². The lowest BCUT2D eigenvalue weighted by Gasteiger charge is -2.03. The van der Waals surface area contributed by atoms with Crippen molar-refractivity contribution in [3.63, 3.8) is 0 Å². The third kappa shape index (κ3) is 3.17. The molecule has 0 spiro atoms. The summed E-state index contributed by atoms with van der Waals surface area (Å²) in [5.74, 6) is -0.637. The van der Waals surface area contributed by atoms with Crippen molar-refractivity contribution in [1.82, 2.24) is 0 Å². The van der Waals surface area contributed by atoms with Gasteiger partial charge in [-0.15, -0.1) is 0 Å². The summed E-state index contributed by atoms with van der Waals surface area (Å²) < 4.78 is 34.5. The third-order valence-corrected chi connectivity index (χ3v) is 2.49. The normalized spacial score (nSPS) is 11.1. The van der Waals surface area contributed by atoms with Crippen molar-refractivity contribution in [3.05, 3.63) is 33.9 Å². The molecule has 0 aliphatic carbocycles. The maximum atomic E-state index is 10.6. The van der Waals surface area contributed by atoms with E-state index in [9.17, 15) is 18.5 Å². The summed E-state index contributed by atoms with van der Waals surface area (Å²) in [4.78, 5) is 9.92. The third-order valence-electron chi connectivity index (χ3n) is 1.79. The molecule has 0 aromatic heterocycles. The molecular weight excluding hydrogens is 238 g/mol. The van der Waals surface area contributed by atoms with E-state index in [1.165, 1.54) is 19.2 Å². The van der Waals surface area contributed by atoms with Gasteiger partial charge in [0.2, 0.25) is 0 Å². The Hall–Kier alpha value is -1.67. The van der Waals surface area contributed by atoms with E-state index >= 15 is 0 Å². The Morgan fingerprint density at radius 1 is 1.50 bits per heavy atom. The number of hydrogen-bond acceptors (Lipinski definition) is 5. The molecule has 16 heavy (non-hydrogen) atoms. The van der Waals surface area contributed by atoms with Crippen molar-refractivity contribution >= 4 is 15.8 Å². The van der Waals surface area contributed by atoms with Crippen LogP contribution in [0.5, 0.6) is 5.75 Å². The van der Waals surface area contributed by atoms with Crippen LogP contribution in [-0.4, -0.2) is 25.0 Å². The maximum Gasteiger partial charge on any atom is 0.311 e. The Bertz CT molecular complexity index is 509. The summed E-state index contributed by atoms with van der Waals surface area (Å²) in [7, 11) is -2.93. The van der Waals surface area contributed by atoms with Crippen LogP contribution in [0, 0.1) is 10.1 Å². The Kier molecular flexibility index (Phi) is 3.45. The summed E-state index contributed by atoms with van der Waals surface area (Å²) in [6.45, 7) is 0. The fraction of sp³-hybridized carbons (Fsp3) is 0.250. The highest BCUT2D eigenvalue weighted by atomic mass is 32.2. The SMILES string of the molecule is COc1ccc(CS(=O)(=O)O)cc1[N+](=O)[O-]. The van der Waals surface area contributed by atoms with Crippen molar-refractivity contribution in [1.29, 1.82) is 0 Å². The van der Waals surface area contributed by atoms with E-state index in [1.807, 2.05) is 0 Å². The molecule has 0 saturated heterocycles. The molecule has 0 radical (unpaired) electrons. The van der Waals surface area contributed by atoms with Crippen molar-refractivity contribution in [2.45, 2.75) is 5.75 Å². The first-order valence-electron chi connectivity index (χ1n) is 4.10. The Morgan fingerprint density at radius 3 is 2.56 bits per heavy atom. The molecule has 0 aliphatic rings. The molecule has 8 heteroatoms. The molecule has 0 saturated carbocycles. The van der Waals surface area contributed by atoms with Crippen LogP contribution >= 0.6 is 0 Å². The molecule has 0 bridgehead atoms. The molecule has 1 rings (SSSR count). The fourth-order valence-corrected chi connectivity index (χ4v) is 1.78. The monoisotopic (exact) mass is 247 g/mol. The minimum atomic E-state index is -4.20. The van der Waals surface area contributed by atoms with Crippen LogP contribution in [0.25, 0.3) is 0 Å². The van der Waals surface area contributed by atoms with E-state index < -0.39 is 20.8 Å². The van der Waals surface area contributed by atoms with Crippen molar-refractivity contribution in [2.24, 2.45) is 0 Å². The van der Waals surface area contributed by atoms with E-state index in [4.69, 9.17) is 9.29 Å². The van der Waals surface area contributed by atoms with E-state index in [1.54, 1.807) is 0 Å². The van der Waals surface area contributed by atoms with Gasteiger partial charge in [0.05, 0.1) is 12.0 Å². The summed E-state index contributed by atoms with van der Waals surface area (Å²) in [5, 5.41) is 10.6. The average Bonchev–Trinajstić information content (AvgIpc) is 2.15. The van der Waals surface area contributed by atoms with Crippen LogP contribution < -0.4 is 4.74 Å². The summed E-state index contributed by atoms with van der Waals surface area (Å²) in [6.07, 6.45) is 0. The zero-order valence-electron chi connectivity index (χ0n) is 8.28. The number of ether oxygens (including phenoxy) is 1. The van der Waals surface area contributed by atoms with E-state index in [2.05, 4.69) is 0 Å². The van der Waals surface area contributed by atoms with Crippen molar-refractivity contribution in [3.8, 4) is 5.75 Å². The lowest BCUT2D eigenvalue weighted by molar-refractivity contribution is -0.385. The first kappa shape index (κ1) is 12.4. The molecular formula is C8H9NO6S. The standard InChI is InChI=1S/C8H9NO6S/c1-15-8-3-2-6(5-16(12,13)14)4-7(8)9(10)11/h2-4H,5H2,1H3,(H,12,13,14). The lowest BCUT2D eigenvalue weighted by atomic mass is 10.2. The van der Waals surface area contributed by atoms with Gasteiger partial charge in [-0.25, -0.2) is 0 Å². The Balaban J connectivity index is 3.17. The van der Waals surface area contributed by atoms with Gasteiger partial charge in [0.15, 0.2) is 5.75 Å². The van der Waals surface area contributed by atoms with E-state index in [0.717, 1.165) is 6.07 Å². The van der Waals surface area contributed by atoms with Gasteiger partial charge in [-0.05, 0) is 11.6 Å². The topological polar surface area (TPSA) is 107 Å². The highest BCUT2D eigenvalue weighted by Crippen LogP contribution is 2.27. The van der Waals surface area contributed by atoms with Gasteiger partial charge in [0.1, 0.15) is 5.75 Å². The zero-order chi connectivity index (χ0) is 12.3. The summed E-state index contributed by atoms with van der Waals surface area (Å²) in [6, 6.07) is 3.66. The lowest BCUT2D eigenvalue weighted by Crippen LogP contribution is -2.02. The Morgan fingerprint density at radius 2 is 2.12 bits per heavy atom. The average molecular weight is 247 g/mol. The molecule has 0 atom stereocenters. The van der Waals surface area contributed by atoms with E-state index in [0.29, 0.717) is 0 Å². The molecule has 0 unspecified atom stereocenters. The number of nitro groups is 1. The molecule has 7 nitrogen and oxygen atoms in total. The highest BCUT2D eigenvalue weighted by molar-refractivity contribution is 7.85. The fourth-order valence-electron chi connectivity index (χ4n) is 1.18. The first-order chi connectivity index (χ1) is 7.33. The zero-order valence-corrected chi connectivity index (χ0v) is 9.10. The minimum Gasteiger partial charge on any atom is -0.490 e. The van der Waals surface area contributed by atoms with Gasteiger partial charge in [-0.3, -0.25) is 14.7 Å². The highest BCUT2D eigenvalue weighted by Gasteiger charge is 2.17. The molecule has 0 aliphatic heterocycles. The molecule has 88 valence electrons. The van der Waals surface area contributed by atoms with Crippen LogP contribution in [0.15, 0.2) is 18.2 Å². The number of nitro benzene ring substituents is 1. The predicted octanol–water partition coefficient (Wildman–Crippen LogP) is 0.991. The molecule has 0 fully saturated rings. The number of rotatable bonds is 4. The number of nitrogens with zero attached hydrogens (tertiary/aromatic N) is 1. The van der Waals surface area contributed by atoms with Gasteiger partial charge in [0, 0.05) is 6.07 Å². The maximum absolute atomic E-state index is 10.6. The molecule has 0 amide bonds. The summed E-state index contributed by atoms with van der Waals surface area (Å²) >= 11 is 0. The van der Waals surface area contributed by atoms with Gasteiger partial charge < -0.3 is 4.74 Å². The second-order valence-corrected chi connectivity index (χ2v) is 4.44. The Labute approximate surface area is 91.6 Å². The largest absolute Gasteiger partial charge is 0.490 e. The van der Waals surface area contributed by atoms with Gasteiger partial charge in [-0.2, -0.15) is 8.42 Å². The van der Waals surface area contributed by atoms with Crippen LogP contribution in [0.3, 0.4) is 0 Å². The van der Waals surface area contributed by atoms with Gasteiger partial charge in [-0.1, -0.05) is 6.07 Å². The number of methoxy groups -OCH3 is 1. The van der Waals surface area contributed by atoms with Crippen LogP contribution in [0.1, 0.15) is 5.56 Å². The smallest absolute Gasteiger partial charge is 0.311 e. The molecule has 1 N–H and O–H groups in total. The molecule has 1 aromatic rings. The van der Waals surface area contributed by atoms with Crippen LogP contribution in [-0.2, 0) is 15.9 Å². The van der Waals surface area contributed by atoms with Crippen molar-refractivity contribution in [2.75, 3.05) is 7.11 Å².